The minimum absolute atomic E-state index is 0.0389. The average molecular weight is 311 g/mol. The van der Waals surface area contributed by atoms with E-state index in [-0.39, 0.29) is 11.3 Å². The Hall–Kier alpha value is -2.29. The van der Waals surface area contributed by atoms with Gasteiger partial charge in [0.05, 0.1) is 0 Å². The van der Waals surface area contributed by atoms with Crippen molar-refractivity contribution in [3.05, 3.63) is 59.7 Å². The molecule has 0 saturated carbocycles. The topological polar surface area (TPSA) is 38.3 Å². The molecule has 0 aliphatic rings. The molecular formula is C20H25NO2. The summed E-state index contributed by atoms with van der Waals surface area (Å²) < 4.78 is 5.93. The fourth-order valence-electron chi connectivity index (χ4n) is 2.38. The number of rotatable bonds is 4. The van der Waals surface area contributed by atoms with E-state index in [1.54, 1.807) is 6.92 Å². The molecule has 1 amide bonds. The van der Waals surface area contributed by atoms with Crippen LogP contribution < -0.4 is 10.1 Å². The summed E-state index contributed by atoms with van der Waals surface area (Å²) in [6, 6.07) is 15.6. The quantitative estimate of drug-likeness (QED) is 0.889. The molecule has 3 heteroatoms. The Bertz CT molecular complexity index is 686. The number of carbonyl (C=O) groups excluding carboxylic acids is 1. The number of benzene rings is 2. The van der Waals surface area contributed by atoms with Crippen LogP contribution in [0.3, 0.4) is 0 Å². The minimum atomic E-state index is -0.571. The van der Waals surface area contributed by atoms with Crippen molar-refractivity contribution in [2.45, 2.75) is 46.1 Å². The van der Waals surface area contributed by atoms with Crippen LogP contribution in [0.2, 0.25) is 0 Å². The van der Waals surface area contributed by atoms with Crippen LogP contribution in [0.25, 0.3) is 0 Å². The van der Waals surface area contributed by atoms with Crippen LogP contribution in [0.5, 0.6) is 5.75 Å². The summed E-state index contributed by atoms with van der Waals surface area (Å²) in [4.78, 5) is 12.4. The van der Waals surface area contributed by atoms with E-state index >= 15 is 0 Å². The van der Waals surface area contributed by atoms with Crippen LogP contribution >= 0.6 is 0 Å². The monoisotopic (exact) mass is 311 g/mol. The molecule has 2 rings (SSSR count). The van der Waals surface area contributed by atoms with Gasteiger partial charge in [-0.1, -0.05) is 57.2 Å². The van der Waals surface area contributed by atoms with Gasteiger partial charge in [0.25, 0.3) is 5.91 Å². The van der Waals surface area contributed by atoms with Crippen molar-refractivity contribution in [3.63, 3.8) is 0 Å². The first-order valence-corrected chi connectivity index (χ1v) is 7.91. The van der Waals surface area contributed by atoms with Gasteiger partial charge in [-0.25, -0.2) is 0 Å². The highest BCUT2D eigenvalue weighted by Gasteiger charge is 2.22. The van der Waals surface area contributed by atoms with Gasteiger partial charge in [0, 0.05) is 5.69 Å². The maximum atomic E-state index is 12.4. The number of para-hydroxylation sites is 2. The van der Waals surface area contributed by atoms with E-state index in [0.29, 0.717) is 0 Å². The van der Waals surface area contributed by atoms with Crippen LogP contribution in [0.15, 0.2) is 48.5 Å². The lowest BCUT2D eigenvalue weighted by molar-refractivity contribution is -0.122. The van der Waals surface area contributed by atoms with Crippen molar-refractivity contribution in [1.29, 1.82) is 0 Å². The molecule has 0 saturated heterocycles. The first-order valence-electron chi connectivity index (χ1n) is 7.91. The van der Waals surface area contributed by atoms with Crippen molar-refractivity contribution in [3.8, 4) is 5.75 Å². The summed E-state index contributed by atoms with van der Waals surface area (Å²) in [5.74, 6) is 0.607. The maximum Gasteiger partial charge on any atom is 0.265 e. The highest BCUT2D eigenvalue weighted by Crippen LogP contribution is 2.31. The molecule has 0 heterocycles. The second-order valence-electron chi connectivity index (χ2n) is 6.81. The predicted molar refractivity (Wildman–Crippen MR) is 95.0 cm³/mol. The number of nitrogens with one attached hydrogen (secondary N) is 1. The van der Waals surface area contributed by atoms with Crippen molar-refractivity contribution in [2.75, 3.05) is 5.32 Å². The van der Waals surface area contributed by atoms with Gasteiger partial charge in [-0.2, -0.15) is 0 Å². The van der Waals surface area contributed by atoms with Gasteiger partial charge >= 0.3 is 0 Å². The van der Waals surface area contributed by atoms with Crippen LogP contribution in [-0.4, -0.2) is 12.0 Å². The Morgan fingerprint density at radius 2 is 1.65 bits per heavy atom. The second-order valence-corrected chi connectivity index (χ2v) is 6.81. The van der Waals surface area contributed by atoms with Crippen LogP contribution in [0.4, 0.5) is 5.69 Å². The lowest BCUT2D eigenvalue weighted by Gasteiger charge is -2.24. The number of amides is 1. The van der Waals surface area contributed by atoms with Crippen LogP contribution in [-0.2, 0) is 10.2 Å². The third-order valence-electron chi connectivity index (χ3n) is 3.77. The lowest BCUT2D eigenvalue weighted by atomic mass is 9.86. The number of carbonyl (C=O) groups is 1. The Morgan fingerprint density at radius 1 is 1.04 bits per heavy atom. The molecule has 0 aromatic heterocycles. The van der Waals surface area contributed by atoms with Gasteiger partial charge in [0.15, 0.2) is 6.10 Å². The Labute approximate surface area is 138 Å². The molecule has 0 aliphatic heterocycles. The molecular weight excluding hydrogens is 286 g/mol. The molecule has 0 bridgehead atoms. The second kappa shape index (κ2) is 6.86. The lowest BCUT2D eigenvalue weighted by Crippen LogP contribution is -2.31. The highest BCUT2D eigenvalue weighted by atomic mass is 16.5. The summed E-state index contributed by atoms with van der Waals surface area (Å²) in [6.45, 7) is 10.1. The molecule has 23 heavy (non-hydrogen) atoms. The number of hydrogen-bond donors (Lipinski definition) is 1. The Balaban J connectivity index is 2.12. The van der Waals surface area contributed by atoms with Gasteiger partial charge in [-0.15, -0.1) is 0 Å². The zero-order chi connectivity index (χ0) is 17.0. The van der Waals surface area contributed by atoms with E-state index in [2.05, 4.69) is 26.1 Å². The fourth-order valence-corrected chi connectivity index (χ4v) is 2.38. The summed E-state index contributed by atoms with van der Waals surface area (Å²) >= 11 is 0. The largest absolute Gasteiger partial charge is 0.481 e. The number of hydrogen-bond acceptors (Lipinski definition) is 2. The SMILES string of the molecule is Cc1ccccc1NC(=O)C(C)Oc1ccccc1C(C)(C)C. The fraction of sp³-hybridized carbons (Fsp3) is 0.350. The van der Waals surface area contributed by atoms with Crippen LogP contribution in [0, 0.1) is 6.92 Å². The third-order valence-corrected chi connectivity index (χ3v) is 3.77. The summed E-state index contributed by atoms with van der Waals surface area (Å²) in [7, 11) is 0. The molecule has 0 radical (unpaired) electrons. The van der Waals surface area contributed by atoms with Gasteiger partial charge < -0.3 is 10.1 Å². The van der Waals surface area contributed by atoms with E-state index in [0.717, 1.165) is 22.6 Å². The van der Waals surface area contributed by atoms with E-state index in [9.17, 15) is 4.79 Å². The third kappa shape index (κ3) is 4.35. The van der Waals surface area contributed by atoms with Crippen molar-refractivity contribution in [1.82, 2.24) is 0 Å². The van der Waals surface area contributed by atoms with Crippen LogP contribution in [0.1, 0.15) is 38.8 Å². The summed E-state index contributed by atoms with van der Waals surface area (Å²) in [6.07, 6.45) is -0.571. The zero-order valence-electron chi connectivity index (χ0n) is 14.5. The molecule has 0 spiro atoms. The highest BCUT2D eigenvalue weighted by molar-refractivity contribution is 5.94. The normalized spacial score (nSPS) is 12.6. The Morgan fingerprint density at radius 3 is 2.30 bits per heavy atom. The molecule has 3 nitrogen and oxygen atoms in total. The zero-order valence-corrected chi connectivity index (χ0v) is 14.5. The van der Waals surface area contributed by atoms with E-state index in [1.165, 1.54) is 0 Å². The van der Waals surface area contributed by atoms with E-state index < -0.39 is 6.10 Å². The molecule has 0 aliphatic carbocycles. The summed E-state index contributed by atoms with van der Waals surface area (Å²) in [5, 5.41) is 2.92. The first-order chi connectivity index (χ1) is 10.8. The maximum absolute atomic E-state index is 12.4. The minimum Gasteiger partial charge on any atom is -0.481 e. The van der Waals surface area contributed by atoms with Gasteiger partial charge in [0.1, 0.15) is 5.75 Å². The smallest absolute Gasteiger partial charge is 0.265 e. The van der Waals surface area contributed by atoms with Crippen molar-refractivity contribution in [2.24, 2.45) is 0 Å². The number of anilines is 1. The molecule has 1 N–H and O–H groups in total. The van der Waals surface area contributed by atoms with Crippen molar-refractivity contribution < 1.29 is 9.53 Å². The van der Waals surface area contributed by atoms with Crippen molar-refractivity contribution >= 4 is 11.6 Å². The molecule has 1 unspecified atom stereocenters. The molecule has 122 valence electrons. The van der Waals surface area contributed by atoms with Gasteiger partial charge in [0.2, 0.25) is 0 Å². The summed E-state index contributed by atoms with van der Waals surface area (Å²) in [5.41, 5.74) is 2.90. The predicted octanol–water partition coefficient (Wildman–Crippen LogP) is 4.70. The molecule has 1 atom stereocenters. The number of aryl methyl sites for hydroxylation is 1. The molecule has 2 aromatic rings. The average Bonchev–Trinajstić information content (AvgIpc) is 2.49. The first kappa shape index (κ1) is 17.1. The van der Waals surface area contributed by atoms with Gasteiger partial charge in [-0.3, -0.25) is 4.79 Å². The van der Waals surface area contributed by atoms with E-state index in [1.807, 2.05) is 55.5 Å². The van der Waals surface area contributed by atoms with Gasteiger partial charge in [-0.05, 0) is 42.5 Å². The number of ether oxygens (including phenoxy) is 1. The van der Waals surface area contributed by atoms with E-state index in [4.69, 9.17) is 4.74 Å². The molecule has 2 aromatic carbocycles. The molecule has 0 fully saturated rings. The Kier molecular flexibility index (Phi) is 5.09. The standard InChI is InChI=1S/C20H25NO2/c1-14-10-6-8-12-17(14)21-19(22)15(2)23-18-13-9-7-11-16(18)20(3,4)5/h6-13,15H,1-5H3,(H,21,22).